The summed E-state index contributed by atoms with van der Waals surface area (Å²) in [4.78, 5) is 19.5. The van der Waals surface area contributed by atoms with E-state index < -0.39 is 5.97 Å². The minimum Gasteiger partial charge on any atom is -0.478 e. The predicted octanol–water partition coefficient (Wildman–Crippen LogP) is 3.98. The standard InChI is InChI=1S/C19H17FN4O2/c1-12-22-17(21-11-14-4-2-3-5-16(14)20)10-18(23-12)24-15-8-6-13(7-9-15)19(25)26/h2-10H,11H2,1H3,(H,25,26)(H2,21,22,23,24). The molecule has 0 aliphatic carbocycles. The molecule has 0 amide bonds. The number of carbonyl (C=O) groups is 1. The number of rotatable bonds is 6. The number of hydrogen-bond donors (Lipinski definition) is 3. The minimum atomic E-state index is -0.978. The van der Waals surface area contributed by atoms with Crippen LogP contribution in [0.15, 0.2) is 54.6 Å². The second-order valence-electron chi connectivity index (χ2n) is 5.64. The molecule has 6 nitrogen and oxygen atoms in total. The van der Waals surface area contributed by atoms with Gasteiger partial charge in [0, 0.05) is 23.9 Å². The van der Waals surface area contributed by atoms with Gasteiger partial charge >= 0.3 is 5.97 Å². The Balaban J connectivity index is 1.73. The van der Waals surface area contributed by atoms with Crippen molar-refractivity contribution in [2.45, 2.75) is 13.5 Å². The molecule has 0 spiro atoms. The van der Waals surface area contributed by atoms with E-state index in [1.807, 2.05) is 0 Å². The van der Waals surface area contributed by atoms with Gasteiger partial charge in [-0.1, -0.05) is 18.2 Å². The third-order valence-corrected chi connectivity index (χ3v) is 3.66. The predicted molar refractivity (Wildman–Crippen MR) is 97.2 cm³/mol. The Kier molecular flexibility index (Phi) is 5.07. The zero-order chi connectivity index (χ0) is 18.5. The summed E-state index contributed by atoms with van der Waals surface area (Å²) < 4.78 is 13.7. The van der Waals surface area contributed by atoms with Gasteiger partial charge in [-0.05, 0) is 37.3 Å². The van der Waals surface area contributed by atoms with Crippen LogP contribution in [0, 0.1) is 12.7 Å². The van der Waals surface area contributed by atoms with Crippen LogP contribution in [0.5, 0.6) is 0 Å². The Bertz CT molecular complexity index is 929. The summed E-state index contributed by atoms with van der Waals surface area (Å²) in [6.45, 7) is 2.06. The largest absolute Gasteiger partial charge is 0.478 e. The number of aromatic carboxylic acids is 1. The first-order chi connectivity index (χ1) is 12.5. The highest BCUT2D eigenvalue weighted by atomic mass is 19.1. The maximum atomic E-state index is 13.7. The summed E-state index contributed by atoms with van der Waals surface area (Å²) in [5.74, 6) is 0.409. The quantitative estimate of drug-likeness (QED) is 0.622. The van der Waals surface area contributed by atoms with Gasteiger partial charge in [0.05, 0.1) is 5.56 Å². The highest BCUT2D eigenvalue weighted by Gasteiger charge is 2.06. The van der Waals surface area contributed by atoms with Crippen LogP contribution in [0.3, 0.4) is 0 Å². The third-order valence-electron chi connectivity index (χ3n) is 3.66. The van der Waals surface area contributed by atoms with E-state index in [-0.39, 0.29) is 11.4 Å². The lowest BCUT2D eigenvalue weighted by Crippen LogP contribution is -2.06. The summed E-state index contributed by atoms with van der Waals surface area (Å²) in [6, 6.07) is 14.6. The van der Waals surface area contributed by atoms with E-state index in [9.17, 15) is 9.18 Å². The molecule has 26 heavy (non-hydrogen) atoms. The summed E-state index contributed by atoms with van der Waals surface area (Å²) in [5, 5.41) is 15.1. The summed E-state index contributed by atoms with van der Waals surface area (Å²) in [7, 11) is 0. The molecule has 0 unspecified atom stereocenters. The van der Waals surface area contributed by atoms with Crippen LogP contribution in [0.2, 0.25) is 0 Å². The Morgan fingerprint density at radius 3 is 2.46 bits per heavy atom. The molecule has 3 rings (SSSR count). The third kappa shape index (κ3) is 4.32. The van der Waals surface area contributed by atoms with E-state index in [2.05, 4.69) is 20.6 Å². The lowest BCUT2D eigenvalue weighted by molar-refractivity contribution is 0.0697. The minimum absolute atomic E-state index is 0.210. The summed E-state index contributed by atoms with van der Waals surface area (Å²) in [6.07, 6.45) is 0. The number of halogens is 1. The van der Waals surface area contributed by atoms with Crippen LogP contribution in [0.1, 0.15) is 21.7 Å². The number of nitrogens with zero attached hydrogens (tertiary/aromatic N) is 2. The number of carboxylic acid groups (broad SMARTS) is 1. The van der Waals surface area contributed by atoms with Crippen LogP contribution >= 0.6 is 0 Å². The lowest BCUT2D eigenvalue weighted by atomic mass is 10.2. The van der Waals surface area contributed by atoms with Crippen molar-refractivity contribution in [3.05, 3.63) is 77.4 Å². The Morgan fingerprint density at radius 2 is 1.77 bits per heavy atom. The molecule has 0 saturated heterocycles. The molecule has 7 heteroatoms. The number of aromatic nitrogens is 2. The van der Waals surface area contributed by atoms with Gasteiger partial charge in [0.2, 0.25) is 0 Å². The average molecular weight is 352 g/mol. The van der Waals surface area contributed by atoms with Crippen molar-refractivity contribution < 1.29 is 14.3 Å². The SMILES string of the molecule is Cc1nc(NCc2ccccc2F)cc(Nc2ccc(C(=O)O)cc2)n1. The van der Waals surface area contributed by atoms with Crippen molar-refractivity contribution in [3.63, 3.8) is 0 Å². The van der Waals surface area contributed by atoms with Crippen LogP contribution in [0.25, 0.3) is 0 Å². The molecule has 132 valence electrons. The molecule has 0 atom stereocenters. The molecule has 3 N–H and O–H groups in total. The van der Waals surface area contributed by atoms with E-state index in [1.165, 1.54) is 18.2 Å². The van der Waals surface area contributed by atoms with Crippen LogP contribution in [-0.4, -0.2) is 21.0 Å². The van der Waals surface area contributed by atoms with Gasteiger partial charge in [-0.2, -0.15) is 0 Å². The molecule has 0 fully saturated rings. The highest BCUT2D eigenvalue weighted by molar-refractivity contribution is 5.88. The molecule has 0 saturated carbocycles. The molecule has 1 heterocycles. The van der Waals surface area contributed by atoms with Crippen LogP contribution in [0.4, 0.5) is 21.7 Å². The first-order valence-electron chi connectivity index (χ1n) is 7.94. The van der Waals surface area contributed by atoms with Gasteiger partial charge in [0.1, 0.15) is 23.3 Å². The van der Waals surface area contributed by atoms with Gasteiger partial charge in [0.25, 0.3) is 0 Å². The van der Waals surface area contributed by atoms with Gasteiger partial charge in [-0.25, -0.2) is 19.2 Å². The van der Waals surface area contributed by atoms with Gasteiger partial charge in [-0.3, -0.25) is 0 Å². The topological polar surface area (TPSA) is 87.1 Å². The van der Waals surface area contributed by atoms with E-state index in [0.717, 1.165) is 0 Å². The van der Waals surface area contributed by atoms with Gasteiger partial charge < -0.3 is 15.7 Å². The number of carboxylic acids is 1. The summed E-state index contributed by atoms with van der Waals surface area (Å²) >= 11 is 0. The highest BCUT2D eigenvalue weighted by Crippen LogP contribution is 2.19. The van der Waals surface area contributed by atoms with Crippen molar-refractivity contribution >= 4 is 23.3 Å². The molecule has 0 bridgehead atoms. The van der Waals surface area contributed by atoms with Crippen LogP contribution in [-0.2, 0) is 6.54 Å². The number of anilines is 3. The zero-order valence-corrected chi connectivity index (χ0v) is 14.0. The molecular weight excluding hydrogens is 335 g/mol. The van der Waals surface area contributed by atoms with E-state index in [0.29, 0.717) is 35.3 Å². The molecule has 1 aromatic heterocycles. The maximum Gasteiger partial charge on any atom is 0.335 e. The fourth-order valence-electron chi connectivity index (χ4n) is 2.39. The number of hydrogen-bond acceptors (Lipinski definition) is 5. The second kappa shape index (κ2) is 7.60. The first-order valence-corrected chi connectivity index (χ1v) is 7.94. The van der Waals surface area contributed by atoms with Crippen molar-refractivity contribution in [1.82, 2.24) is 9.97 Å². The summed E-state index contributed by atoms with van der Waals surface area (Å²) in [5.41, 5.74) is 1.46. The van der Waals surface area contributed by atoms with E-state index in [4.69, 9.17) is 5.11 Å². The Hall–Kier alpha value is -3.48. The number of benzene rings is 2. The van der Waals surface area contributed by atoms with Crippen molar-refractivity contribution in [1.29, 1.82) is 0 Å². The molecule has 0 aliphatic rings. The van der Waals surface area contributed by atoms with Crippen molar-refractivity contribution in [3.8, 4) is 0 Å². The number of nitrogens with one attached hydrogen (secondary N) is 2. The molecule has 0 radical (unpaired) electrons. The van der Waals surface area contributed by atoms with Crippen molar-refractivity contribution in [2.75, 3.05) is 10.6 Å². The molecule has 2 aromatic carbocycles. The first kappa shape index (κ1) is 17.3. The Labute approximate surface area is 149 Å². The van der Waals surface area contributed by atoms with Crippen LogP contribution < -0.4 is 10.6 Å². The average Bonchev–Trinajstić information content (AvgIpc) is 2.61. The smallest absolute Gasteiger partial charge is 0.335 e. The lowest BCUT2D eigenvalue weighted by Gasteiger charge is -2.11. The fraction of sp³-hybridized carbons (Fsp3) is 0.105. The van der Waals surface area contributed by atoms with E-state index >= 15 is 0 Å². The van der Waals surface area contributed by atoms with Gasteiger partial charge in [-0.15, -0.1) is 0 Å². The maximum absolute atomic E-state index is 13.7. The van der Waals surface area contributed by atoms with Crippen molar-refractivity contribution in [2.24, 2.45) is 0 Å². The normalized spacial score (nSPS) is 10.4. The number of aryl methyl sites for hydroxylation is 1. The molecule has 0 aliphatic heterocycles. The Morgan fingerprint density at radius 1 is 1.08 bits per heavy atom. The fourth-order valence-corrected chi connectivity index (χ4v) is 2.39. The molecule has 3 aromatic rings. The van der Waals surface area contributed by atoms with E-state index in [1.54, 1.807) is 43.3 Å². The zero-order valence-electron chi connectivity index (χ0n) is 14.0. The van der Waals surface area contributed by atoms with Gasteiger partial charge in [0.15, 0.2) is 0 Å². The second-order valence-corrected chi connectivity index (χ2v) is 5.64. The monoisotopic (exact) mass is 352 g/mol. The molecular formula is C19H17FN4O2.